The average Bonchev–Trinajstić information content (AvgIpc) is 3.03. The Kier molecular flexibility index (Phi) is 4.14. The first-order valence-electron chi connectivity index (χ1n) is 8.77. The van der Waals surface area contributed by atoms with E-state index < -0.39 is 0 Å². The Morgan fingerprint density at radius 3 is 1.70 bits per heavy atom. The number of hydrogen-bond acceptors (Lipinski definition) is 0. The quantitative estimate of drug-likeness (QED) is 0.243. The van der Waals surface area contributed by atoms with E-state index in [0.29, 0.717) is 0 Å². The summed E-state index contributed by atoms with van der Waals surface area (Å²) in [6, 6.07) is 32.0. The van der Waals surface area contributed by atoms with E-state index in [0.717, 1.165) is 14.6 Å². The van der Waals surface area contributed by atoms with E-state index in [1.54, 1.807) is 0 Å². The van der Waals surface area contributed by atoms with Gasteiger partial charge in [0.25, 0.3) is 0 Å². The van der Waals surface area contributed by atoms with Crippen molar-refractivity contribution < 1.29 is 0 Å². The second kappa shape index (κ2) is 6.66. The molecule has 27 heavy (non-hydrogen) atoms. The third kappa shape index (κ3) is 2.73. The number of aromatic nitrogens is 1. The summed E-state index contributed by atoms with van der Waals surface area (Å²) in [6.45, 7) is 0. The van der Waals surface area contributed by atoms with Crippen LogP contribution in [0.2, 0.25) is 0 Å². The zero-order chi connectivity index (χ0) is 18.4. The van der Waals surface area contributed by atoms with Gasteiger partial charge in [-0.3, -0.25) is 0 Å². The highest BCUT2D eigenvalue weighted by molar-refractivity contribution is 9.11. The van der Waals surface area contributed by atoms with Gasteiger partial charge in [0.1, 0.15) is 0 Å². The van der Waals surface area contributed by atoms with Crippen molar-refractivity contribution in [3.05, 3.63) is 99.9 Å². The fraction of sp³-hybridized carbons (Fsp3) is 0. The van der Waals surface area contributed by atoms with Crippen LogP contribution in [0.25, 0.3) is 38.6 Å². The Bertz CT molecular complexity index is 1250. The lowest BCUT2D eigenvalue weighted by Gasteiger charge is -2.12. The molecule has 0 aliphatic heterocycles. The first-order valence-corrected chi connectivity index (χ1v) is 10.4. The van der Waals surface area contributed by atoms with Crippen LogP contribution in [0.15, 0.2) is 99.9 Å². The zero-order valence-electron chi connectivity index (χ0n) is 14.4. The van der Waals surface area contributed by atoms with Crippen molar-refractivity contribution >= 4 is 53.7 Å². The maximum atomic E-state index is 3.80. The van der Waals surface area contributed by atoms with E-state index in [2.05, 4.69) is 121 Å². The number of rotatable bonds is 2. The van der Waals surface area contributed by atoms with Gasteiger partial charge in [0.2, 0.25) is 0 Å². The van der Waals surface area contributed by atoms with Gasteiger partial charge in [0.15, 0.2) is 0 Å². The van der Waals surface area contributed by atoms with Crippen molar-refractivity contribution in [1.29, 1.82) is 0 Å². The van der Waals surface area contributed by atoms with Crippen LogP contribution in [0.5, 0.6) is 0 Å². The van der Waals surface area contributed by atoms with E-state index >= 15 is 0 Å². The maximum absolute atomic E-state index is 3.80. The largest absolute Gasteiger partial charge is 0.309 e. The molecule has 3 heteroatoms. The molecule has 0 N–H and O–H groups in total. The van der Waals surface area contributed by atoms with Crippen LogP contribution in [0.3, 0.4) is 0 Å². The van der Waals surface area contributed by atoms with Crippen molar-refractivity contribution in [2.45, 2.75) is 0 Å². The Balaban J connectivity index is 1.76. The molecule has 1 nitrogen and oxygen atoms in total. The van der Waals surface area contributed by atoms with Crippen molar-refractivity contribution in [3.63, 3.8) is 0 Å². The van der Waals surface area contributed by atoms with Crippen LogP contribution in [-0.2, 0) is 0 Å². The molecule has 0 spiro atoms. The Hall–Kier alpha value is -2.36. The second-order valence-electron chi connectivity index (χ2n) is 6.51. The third-order valence-corrected chi connectivity index (χ3v) is 6.30. The van der Waals surface area contributed by atoms with Gasteiger partial charge in [-0.25, -0.2) is 0 Å². The van der Waals surface area contributed by atoms with Gasteiger partial charge < -0.3 is 4.57 Å². The standard InChI is InChI=1S/C24H15Br2N/c25-21-10-4-1-7-17(21)18-14-13-16(15-22(18)26)27-23-11-5-2-8-19(23)20-9-3-6-12-24(20)27/h1-15H. The summed E-state index contributed by atoms with van der Waals surface area (Å²) >= 11 is 7.46. The summed E-state index contributed by atoms with van der Waals surface area (Å²) in [5.74, 6) is 0. The first kappa shape index (κ1) is 16.8. The van der Waals surface area contributed by atoms with Gasteiger partial charge in [-0.05, 0) is 41.5 Å². The lowest BCUT2D eigenvalue weighted by atomic mass is 10.1. The van der Waals surface area contributed by atoms with Gasteiger partial charge in [-0.15, -0.1) is 0 Å². The molecule has 0 amide bonds. The topological polar surface area (TPSA) is 4.93 Å². The average molecular weight is 477 g/mol. The predicted octanol–water partition coefficient (Wildman–Crippen LogP) is 7.98. The van der Waals surface area contributed by atoms with Crippen molar-refractivity contribution in [1.82, 2.24) is 4.57 Å². The molecule has 1 aromatic heterocycles. The number of para-hydroxylation sites is 2. The smallest absolute Gasteiger partial charge is 0.0541 e. The molecule has 0 fully saturated rings. The van der Waals surface area contributed by atoms with Gasteiger partial charge >= 0.3 is 0 Å². The predicted molar refractivity (Wildman–Crippen MR) is 122 cm³/mol. The van der Waals surface area contributed by atoms with Crippen molar-refractivity contribution in [2.24, 2.45) is 0 Å². The lowest BCUT2D eigenvalue weighted by Crippen LogP contribution is -1.94. The fourth-order valence-electron chi connectivity index (χ4n) is 3.74. The summed E-state index contributed by atoms with van der Waals surface area (Å²) in [4.78, 5) is 0. The molecule has 130 valence electrons. The molecule has 5 rings (SSSR count). The second-order valence-corrected chi connectivity index (χ2v) is 8.22. The molecule has 0 unspecified atom stereocenters. The van der Waals surface area contributed by atoms with Crippen LogP contribution in [0.4, 0.5) is 0 Å². The first-order chi connectivity index (χ1) is 13.2. The van der Waals surface area contributed by atoms with Gasteiger partial charge in [0.05, 0.1) is 11.0 Å². The number of fused-ring (bicyclic) bond motifs is 3. The molecule has 0 saturated heterocycles. The number of benzene rings is 4. The SMILES string of the molecule is Brc1ccccc1-c1ccc(-n2c3ccccc3c3ccccc32)cc1Br. The van der Waals surface area contributed by atoms with Crippen molar-refractivity contribution in [2.75, 3.05) is 0 Å². The Labute approximate surface area is 174 Å². The minimum absolute atomic E-state index is 1.08. The van der Waals surface area contributed by atoms with Crippen LogP contribution in [-0.4, -0.2) is 4.57 Å². The highest BCUT2D eigenvalue weighted by atomic mass is 79.9. The van der Waals surface area contributed by atoms with E-state index in [9.17, 15) is 0 Å². The lowest BCUT2D eigenvalue weighted by molar-refractivity contribution is 1.18. The summed E-state index contributed by atoms with van der Waals surface area (Å²) in [5, 5.41) is 2.55. The summed E-state index contributed by atoms with van der Waals surface area (Å²) in [7, 11) is 0. The minimum atomic E-state index is 1.08. The summed E-state index contributed by atoms with van der Waals surface area (Å²) in [5.41, 5.74) is 5.94. The van der Waals surface area contributed by atoms with Crippen LogP contribution in [0, 0.1) is 0 Å². The highest BCUT2D eigenvalue weighted by Gasteiger charge is 2.13. The molecule has 0 aliphatic carbocycles. The maximum Gasteiger partial charge on any atom is 0.0541 e. The van der Waals surface area contributed by atoms with E-state index in [4.69, 9.17) is 0 Å². The molecule has 4 aromatic carbocycles. The van der Waals surface area contributed by atoms with E-state index in [1.807, 2.05) is 6.07 Å². The molecule has 5 aromatic rings. The van der Waals surface area contributed by atoms with Crippen molar-refractivity contribution in [3.8, 4) is 16.8 Å². The van der Waals surface area contributed by atoms with E-state index in [-0.39, 0.29) is 0 Å². The summed E-state index contributed by atoms with van der Waals surface area (Å²) < 4.78 is 4.50. The summed E-state index contributed by atoms with van der Waals surface area (Å²) in [6.07, 6.45) is 0. The van der Waals surface area contributed by atoms with Gasteiger partial charge in [-0.2, -0.15) is 0 Å². The van der Waals surface area contributed by atoms with Crippen LogP contribution < -0.4 is 0 Å². The number of halogens is 2. The minimum Gasteiger partial charge on any atom is -0.309 e. The Morgan fingerprint density at radius 2 is 1.07 bits per heavy atom. The molecule has 0 radical (unpaired) electrons. The number of nitrogens with zero attached hydrogens (tertiary/aromatic N) is 1. The molecule has 0 atom stereocenters. The Morgan fingerprint density at radius 1 is 0.519 bits per heavy atom. The monoisotopic (exact) mass is 475 g/mol. The molecule has 0 aliphatic rings. The van der Waals surface area contributed by atoms with Crippen LogP contribution in [0.1, 0.15) is 0 Å². The normalized spacial score (nSPS) is 11.3. The molecule has 0 saturated carbocycles. The fourth-order valence-corrected chi connectivity index (χ4v) is 4.82. The van der Waals surface area contributed by atoms with Crippen LogP contribution >= 0.6 is 31.9 Å². The zero-order valence-corrected chi connectivity index (χ0v) is 17.5. The third-order valence-electron chi connectivity index (χ3n) is 4.95. The molecular weight excluding hydrogens is 462 g/mol. The van der Waals surface area contributed by atoms with Gasteiger partial charge in [0, 0.05) is 25.4 Å². The van der Waals surface area contributed by atoms with E-state index in [1.165, 1.54) is 32.9 Å². The molecule has 0 bridgehead atoms. The molecule has 1 heterocycles. The highest BCUT2D eigenvalue weighted by Crippen LogP contribution is 2.37. The van der Waals surface area contributed by atoms with Gasteiger partial charge in [-0.1, -0.05) is 92.5 Å². The molecular formula is C24H15Br2N. The number of hydrogen-bond donors (Lipinski definition) is 0.